The van der Waals surface area contributed by atoms with Gasteiger partial charge in [0.25, 0.3) is 11.8 Å². The molecule has 138 valence electrons. The maximum Gasteiger partial charge on any atom is 0.326 e. The predicted octanol–water partition coefficient (Wildman–Crippen LogP) is -0.372. The summed E-state index contributed by atoms with van der Waals surface area (Å²) in [5.74, 6) is -2.20. The van der Waals surface area contributed by atoms with Crippen molar-refractivity contribution >= 4 is 29.8 Å². The average Bonchev–Trinajstić information content (AvgIpc) is 3.34. The number of carbonyl (C=O) groups is 5. The second-order valence-electron chi connectivity index (χ2n) is 6.07. The van der Waals surface area contributed by atoms with Gasteiger partial charge in [-0.05, 0) is 25.7 Å². The van der Waals surface area contributed by atoms with Gasteiger partial charge in [0.15, 0.2) is 6.61 Å². The summed E-state index contributed by atoms with van der Waals surface area (Å²) in [5, 5.41) is 7.16. The smallest absolute Gasteiger partial charge is 0.326 e. The second-order valence-corrected chi connectivity index (χ2v) is 6.07. The van der Waals surface area contributed by atoms with Crippen LogP contribution in [0.5, 0.6) is 0 Å². The van der Waals surface area contributed by atoms with Gasteiger partial charge in [0, 0.05) is 6.04 Å². The number of nitrogens with zero attached hydrogens (tertiary/aromatic N) is 1. The Hall–Kier alpha value is -2.65. The molecule has 1 saturated heterocycles. The predicted molar refractivity (Wildman–Crippen MR) is 84.2 cm³/mol. The van der Waals surface area contributed by atoms with Gasteiger partial charge < -0.3 is 15.4 Å². The van der Waals surface area contributed by atoms with Crippen LogP contribution in [0.15, 0.2) is 0 Å². The van der Waals surface area contributed by atoms with Crippen molar-refractivity contribution in [2.24, 2.45) is 0 Å². The van der Waals surface area contributed by atoms with Crippen molar-refractivity contribution in [1.29, 1.82) is 0 Å². The van der Waals surface area contributed by atoms with E-state index in [0.29, 0.717) is 12.8 Å². The number of rotatable bonds is 7. The molecule has 0 aromatic rings. The van der Waals surface area contributed by atoms with Crippen molar-refractivity contribution < 1.29 is 28.7 Å². The van der Waals surface area contributed by atoms with Crippen LogP contribution in [0.25, 0.3) is 0 Å². The van der Waals surface area contributed by atoms with Gasteiger partial charge >= 0.3 is 18.0 Å². The van der Waals surface area contributed by atoms with E-state index in [1.165, 1.54) is 0 Å². The highest BCUT2D eigenvalue weighted by atomic mass is 16.5. The van der Waals surface area contributed by atoms with E-state index >= 15 is 0 Å². The molecule has 0 aromatic carbocycles. The lowest BCUT2D eigenvalue weighted by atomic mass is 9.93. The summed E-state index contributed by atoms with van der Waals surface area (Å²) < 4.78 is 4.71. The number of nitrogens with one attached hydrogen (secondary N) is 3. The summed E-state index contributed by atoms with van der Waals surface area (Å²) >= 11 is 0. The first-order valence-corrected chi connectivity index (χ1v) is 8.21. The number of hydrogen-bond donors (Lipinski definition) is 3. The van der Waals surface area contributed by atoms with Crippen LogP contribution in [0, 0.1) is 0 Å². The van der Waals surface area contributed by atoms with E-state index in [2.05, 4.69) is 10.6 Å². The van der Waals surface area contributed by atoms with Crippen LogP contribution in [-0.4, -0.2) is 59.5 Å². The van der Waals surface area contributed by atoms with Crippen LogP contribution < -0.4 is 16.0 Å². The lowest BCUT2D eigenvalue weighted by Crippen LogP contribution is -2.46. The Morgan fingerprint density at radius 2 is 1.88 bits per heavy atom. The number of esters is 1. The fourth-order valence-corrected chi connectivity index (χ4v) is 2.48. The molecular weight excluding hydrogens is 332 g/mol. The van der Waals surface area contributed by atoms with Crippen LogP contribution >= 0.6 is 0 Å². The van der Waals surface area contributed by atoms with E-state index in [-0.39, 0.29) is 6.04 Å². The highest BCUT2D eigenvalue weighted by molar-refractivity contribution is 6.08. The molecule has 2 fully saturated rings. The number of amides is 6. The highest BCUT2D eigenvalue weighted by Gasteiger charge is 2.49. The molecule has 2 rings (SSSR count). The molecule has 0 atom stereocenters. The first-order valence-electron chi connectivity index (χ1n) is 8.21. The number of imide groups is 2. The third-order valence-corrected chi connectivity index (χ3v) is 4.27. The van der Waals surface area contributed by atoms with E-state index in [1.54, 1.807) is 13.8 Å². The van der Waals surface area contributed by atoms with Gasteiger partial charge in [0.05, 0.1) is 0 Å². The van der Waals surface area contributed by atoms with Crippen molar-refractivity contribution in [3.05, 3.63) is 0 Å². The Balaban J connectivity index is 1.77. The number of hydrogen-bond acceptors (Lipinski definition) is 6. The molecule has 10 heteroatoms. The second kappa shape index (κ2) is 7.49. The number of urea groups is 2. The molecule has 1 saturated carbocycles. The molecule has 0 bridgehead atoms. The summed E-state index contributed by atoms with van der Waals surface area (Å²) in [4.78, 5) is 59.7. The van der Waals surface area contributed by atoms with Gasteiger partial charge in [-0.15, -0.1) is 0 Å². The normalized spacial score (nSPS) is 18.6. The third-order valence-electron chi connectivity index (χ3n) is 4.27. The van der Waals surface area contributed by atoms with Gasteiger partial charge in [-0.1, -0.05) is 13.8 Å². The Labute approximate surface area is 144 Å². The lowest BCUT2D eigenvalue weighted by molar-refractivity contribution is -0.151. The fourth-order valence-electron chi connectivity index (χ4n) is 2.48. The topological polar surface area (TPSA) is 134 Å². The van der Waals surface area contributed by atoms with Crippen molar-refractivity contribution in [2.45, 2.75) is 51.1 Å². The van der Waals surface area contributed by atoms with E-state index < -0.39 is 48.5 Å². The minimum absolute atomic E-state index is 0.0902. The number of ether oxygens (including phenoxy) is 1. The first-order chi connectivity index (χ1) is 11.8. The first kappa shape index (κ1) is 18.7. The summed E-state index contributed by atoms with van der Waals surface area (Å²) in [6.07, 6.45) is 2.55. The van der Waals surface area contributed by atoms with Crippen LogP contribution in [0.2, 0.25) is 0 Å². The molecule has 0 unspecified atom stereocenters. The molecule has 0 spiro atoms. The maximum atomic E-state index is 12.3. The van der Waals surface area contributed by atoms with Crippen molar-refractivity contribution in [1.82, 2.24) is 20.9 Å². The van der Waals surface area contributed by atoms with E-state index in [9.17, 15) is 24.0 Å². The standard InChI is InChI=1S/C15H22N4O6/c1-3-15(4-2)12(22)19(14(24)18-15)7-11(21)25-8-10(20)17-13(23)16-9-5-6-9/h9H,3-8H2,1-2H3,(H,18,24)(H2,16,17,20,23). The molecule has 1 aliphatic heterocycles. The molecule has 6 amide bonds. The molecule has 0 radical (unpaired) electrons. The largest absolute Gasteiger partial charge is 0.454 e. The number of carbonyl (C=O) groups excluding carboxylic acids is 5. The van der Waals surface area contributed by atoms with Gasteiger partial charge in [0.2, 0.25) is 0 Å². The Morgan fingerprint density at radius 3 is 2.40 bits per heavy atom. The minimum atomic E-state index is -1.00. The highest BCUT2D eigenvalue weighted by Crippen LogP contribution is 2.24. The SMILES string of the molecule is CCC1(CC)NC(=O)N(CC(=O)OCC(=O)NC(=O)NC2CC2)C1=O. The maximum absolute atomic E-state index is 12.3. The molecule has 3 N–H and O–H groups in total. The minimum Gasteiger partial charge on any atom is -0.454 e. The molecule has 0 aromatic heterocycles. The monoisotopic (exact) mass is 354 g/mol. The summed E-state index contributed by atoms with van der Waals surface area (Å²) in [5.41, 5.74) is -1.00. The zero-order valence-electron chi connectivity index (χ0n) is 14.2. The summed E-state index contributed by atoms with van der Waals surface area (Å²) in [6.45, 7) is 2.27. The van der Waals surface area contributed by atoms with Crippen molar-refractivity contribution in [3.8, 4) is 0 Å². The van der Waals surface area contributed by atoms with Gasteiger partial charge in [-0.25, -0.2) is 9.59 Å². The molecule has 1 aliphatic carbocycles. The summed E-state index contributed by atoms with van der Waals surface area (Å²) in [7, 11) is 0. The molecular formula is C15H22N4O6. The Kier molecular flexibility index (Phi) is 5.60. The Bertz CT molecular complexity index is 597. The van der Waals surface area contributed by atoms with Crippen LogP contribution in [0.1, 0.15) is 39.5 Å². The van der Waals surface area contributed by atoms with Crippen molar-refractivity contribution in [2.75, 3.05) is 13.2 Å². The fraction of sp³-hybridized carbons (Fsp3) is 0.667. The zero-order chi connectivity index (χ0) is 18.6. The van der Waals surface area contributed by atoms with Crippen LogP contribution in [-0.2, 0) is 19.1 Å². The van der Waals surface area contributed by atoms with Gasteiger partial charge in [-0.2, -0.15) is 0 Å². The quantitative estimate of drug-likeness (QED) is 0.422. The van der Waals surface area contributed by atoms with E-state index in [0.717, 1.165) is 17.7 Å². The van der Waals surface area contributed by atoms with E-state index in [4.69, 9.17) is 4.74 Å². The Morgan fingerprint density at radius 1 is 1.24 bits per heavy atom. The third kappa shape index (κ3) is 4.46. The molecule has 10 nitrogen and oxygen atoms in total. The molecule has 25 heavy (non-hydrogen) atoms. The summed E-state index contributed by atoms with van der Waals surface area (Å²) in [6, 6.07) is -1.22. The van der Waals surface area contributed by atoms with Crippen molar-refractivity contribution in [3.63, 3.8) is 0 Å². The van der Waals surface area contributed by atoms with Gasteiger partial charge in [-0.3, -0.25) is 24.6 Å². The molecule has 1 heterocycles. The average molecular weight is 354 g/mol. The van der Waals surface area contributed by atoms with Crippen LogP contribution in [0.3, 0.4) is 0 Å². The van der Waals surface area contributed by atoms with Gasteiger partial charge in [0.1, 0.15) is 12.1 Å². The van der Waals surface area contributed by atoms with E-state index in [1.807, 2.05) is 5.32 Å². The zero-order valence-corrected chi connectivity index (χ0v) is 14.2. The molecule has 2 aliphatic rings. The van der Waals surface area contributed by atoms with Crippen LogP contribution in [0.4, 0.5) is 9.59 Å². The lowest BCUT2D eigenvalue weighted by Gasteiger charge is -2.22.